The monoisotopic (exact) mass is 275 g/mol. The van der Waals surface area contributed by atoms with Gasteiger partial charge in [-0.3, -0.25) is 4.90 Å². The highest BCUT2D eigenvalue weighted by atomic mass is 15.2. The Kier molecular flexibility index (Phi) is 5.84. The van der Waals surface area contributed by atoms with Crippen molar-refractivity contribution in [3.8, 4) is 0 Å². The topological polar surface area (TPSA) is 19.4 Å². The first-order valence-electron chi connectivity index (χ1n) is 8.25. The normalized spacial score (nSPS) is 20.1. The summed E-state index contributed by atoms with van der Waals surface area (Å²) in [5.41, 5.74) is 1.40. The van der Waals surface area contributed by atoms with Crippen LogP contribution >= 0.6 is 0 Å². The number of nitrogens with zero attached hydrogens (tertiary/aromatic N) is 3. The molecule has 112 valence electrons. The van der Waals surface area contributed by atoms with Gasteiger partial charge in [0.25, 0.3) is 0 Å². The second-order valence-corrected chi connectivity index (χ2v) is 5.67. The molecule has 2 rings (SSSR count). The highest BCUT2D eigenvalue weighted by molar-refractivity contribution is 5.39. The van der Waals surface area contributed by atoms with E-state index in [2.05, 4.69) is 53.9 Å². The van der Waals surface area contributed by atoms with E-state index in [1.54, 1.807) is 0 Å². The Balaban J connectivity index is 2.11. The third-order valence-electron chi connectivity index (χ3n) is 4.37. The molecule has 0 saturated carbocycles. The molecule has 1 saturated heterocycles. The van der Waals surface area contributed by atoms with Gasteiger partial charge in [-0.2, -0.15) is 0 Å². The van der Waals surface area contributed by atoms with Crippen molar-refractivity contribution < 1.29 is 0 Å². The Morgan fingerprint density at radius 1 is 1.20 bits per heavy atom. The van der Waals surface area contributed by atoms with Crippen molar-refractivity contribution in [1.82, 2.24) is 9.88 Å². The number of hydrogen-bond acceptors (Lipinski definition) is 3. The van der Waals surface area contributed by atoms with Gasteiger partial charge in [-0.15, -0.1) is 0 Å². The second kappa shape index (κ2) is 7.63. The van der Waals surface area contributed by atoms with Crippen LogP contribution in [0.4, 0.5) is 5.82 Å². The van der Waals surface area contributed by atoms with E-state index in [4.69, 9.17) is 0 Å². The summed E-state index contributed by atoms with van der Waals surface area (Å²) in [6.45, 7) is 11.1. The van der Waals surface area contributed by atoms with Gasteiger partial charge in [0.2, 0.25) is 0 Å². The van der Waals surface area contributed by atoms with E-state index in [0.29, 0.717) is 6.04 Å². The molecule has 20 heavy (non-hydrogen) atoms. The molecule has 1 atom stereocenters. The van der Waals surface area contributed by atoms with Gasteiger partial charge >= 0.3 is 0 Å². The van der Waals surface area contributed by atoms with Gasteiger partial charge in [0, 0.05) is 25.3 Å². The lowest BCUT2D eigenvalue weighted by atomic mass is 9.96. The molecule has 0 aromatic carbocycles. The molecule has 0 unspecified atom stereocenters. The first-order valence-corrected chi connectivity index (χ1v) is 8.25. The van der Waals surface area contributed by atoms with Gasteiger partial charge in [0.05, 0.1) is 0 Å². The third-order valence-corrected chi connectivity index (χ3v) is 4.37. The van der Waals surface area contributed by atoms with Crippen molar-refractivity contribution in [2.75, 3.05) is 31.1 Å². The van der Waals surface area contributed by atoms with Gasteiger partial charge < -0.3 is 4.90 Å². The van der Waals surface area contributed by atoms with Gasteiger partial charge in [-0.1, -0.05) is 19.4 Å². The highest BCUT2D eigenvalue weighted by Crippen LogP contribution is 2.31. The van der Waals surface area contributed by atoms with Gasteiger partial charge in [0.1, 0.15) is 5.82 Å². The van der Waals surface area contributed by atoms with Crippen molar-refractivity contribution in [2.45, 2.75) is 52.5 Å². The number of rotatable bonds is 6. The zero-order chi connectivity index (χ0) is 14.4. The summed E-state index contributed by atoms with van der Waals surface area (Å²) in [7, 11) is 0. The van der Waals surface area contributed by atoms with E-state index in [0.717, 1.165) is 18.9 Å². The fourth-order valence-corrected chi connectivity index (χ4v) is 3.25. The van der Waals surface area contributed by atoms with Crippen LogP contribution in [0.2, 0.25) is 0 Å². The summed E-state index contributed by atoms with van der Waals surface area (Å²) in [6, 6.07) is 5.07. The number of hydrogen-bond donors (Lipinski definition) is 0. The molecule has 2 heterocycles. The van der Waals surface area contributed by atoms with Gasteiger partial charge in [-0.25, -0.2) is 4.98 Å². The molecule has 0 spiro atoms. The van der Waals surface area contributed by atoms with Crippen LogP contribution in [0.25, 0.3) is 0 Å². The van der Waals surface area contributed by atoms with Crippen molar-refractivity contribution >= 4 is 5.82 Å². The van der Waals surface area contributed by atoms with E-state index < -0.39 is 0 Å². The Morgan fingerprint density at radius 2 is 2.00 bits per heavy atom. The van der Waals surface area contributed by atoms with Crippen LogP contribution in [0.1, 0.15) is 58.1 Å². The van der Waals surface area contributed by atoms with Crippen molar-refractivity contribution in [1.29, 1.82) is 0 Å². The predicted molar refractivity (Wildman–Crippen MR) is 86.3 cm³/mol. The van der Waals surface area contributed by atoms with Crippen LogP contribution in [0.15, 0.2) is 18.3 Å². The highest BCUT2D eigenvalue weighted by Gasteiger charge is 2.23. The second-order valence-electron chi connectivity index (χ2n) is 5.67. The third kappa shape index (κ3) is 3.51. The molecule has 0 amide bonds. The van der Waals surface area contributed by atoms with E-state index in [-0.39, 0.29) is 0 Å². The van der Waals surface area contributed by atoms with Crippen molar-refractivity contribution in [3.63, 3.8) is 0 Å². The molecule has 1 aliphatic heterocycles. The Hall–Kier alpha value is -1.09. The maximum atomic E-state index is 4.69. The minimum atomic E-state index is 0.585. The fourth-order valence-electron chi connectivity index (χ4n) is 3.25. The molecule has 3 nitrogen and oxygen atoms in total. The van der Waals surface area contributed by atoms with E-state index >= 15 is 0 Å². The standard InChI is InChI=1S/C17H29N3/c1-4-12-20-13-8-7-9-16(20)15-10-11-17(18-14-15)19(5-2)6-3/h10-11,14,16H,4-9,12-13H2,1-3H3/t16-/m1/s1. The molecule has 1 fully saturated rings. The van der Waals surface area contributed by atoms with E-state index in [9.17, 15) is 0 Å². The van der Waals surface area contributed by atoms with Crippen LogP contribution < -0.4 is 4.90 Å². The summed E-state index contributed by atoms with van der Waals surface area (Å²) < 4.78 is 0. The molecule has 1 aliphatic rings. The zero-order valence-corrected chi connectivity index (χ0v) is 13.3. The summed E-state index contributed by atoms with van der Waals surface area (Å²) in [5, 5.41) is 0. The quantitative estimate of drug-likeness (QED) is 0.786. The molecule has 1 aromatic heterocycles. The molecular formula is C17H29N3. The minimum absolute atomic E-state index is 0.585. The largest absolute Gasteiger partial charge is 0.357 e. The van der Waals surface area contributed by atoms with Crippen LogP contribution in [-0.4, -0.2) is 36.1 Å². The summed E-state index contributed by atoms with van der Waals surface area (Å²) >= 11 is 0. The lowest BCUT2D eigenvalue weighted by molar-refractivity contribution is 0.149. The summed E-state index contributed by atoms with van der Waals surface area (Å²) in [5.74, 6) is 1.11. The number of aromatic nitrogens is 1. The Morgan fingerprint density at radius 3 is 2.60 bits per heavy atom. The first kappa shape index (κ1) is 15.3. The smallest absolute Gasteiger partial charge is 0.128 e. The number of anilines is 1. The number of likely N-dealkylation sites (tertiary alicyclic amines) is 1. The average molecular weight is 275 g/mol. The van der Waals surface area contributed by atoms with E-state index in [1.165, 1.54) is 44.3 Å². The number of piperidine rings is 1. The molecular weight excluding hydrogens is 246 g/mol. The minimum Gasteiger partial charge on any atom is -0.357 e. The van der Waals surface area contributed by atoms with Crippen LogP contribution in [0.5, 0.6) is 0 Å². The maximum Gasteiger partial charge on any atom is 0.128 e. The van der Waals surface area contributed by atoms with Gasteiger partial charge in [-0.05, 0) is 57.8 Å². The van der Waals surface area contributed by atoms with Crippen LogP contribution in [0.3, 0.4) is 0 Å². The SMILES string of the molecule is CCCN1CCCC[C@@H]1c1ccc(N(CC)CC)nc1. The molecule has 0 aliphatic carbocycles. The molecule has 0 radical (unpaired) electrons. The first-order chi connectivity index (χ1) is 9.80. The summed E-state index contributed by atoms with van der Waals surface area (Å²) in [6.07, 6.45) is 7.32. The fraction of sp³-hybridized carbons (Fsp3) is 0.706. The molecule has 1 aromatic rings. The maximum absolute atomic E-state index is 4.69. The molecule has 0 N–H and O–H groups in total. The number of pyridine rings is 1. The van der Waals surface area contributed by atoms with Crippen LogP contribution in [-0.2, 0) is 0 Å². The van der Waals surface area contributed by atoms with Crippen molar-refractivity contribution in [2.24, 2.45) is 0 Å². The Bertz CT molecular complexity index is 382. The summed E-state index contributed by atoms with van der Waals surface area (Å²) in [4.78, 5) is 9.63. The van der Waals surface area contributed by atoms with Gasteiger partial charge in [0.15, 0.2) is 0 Å². The van der Waals surface area contributed by atoms with Crippen molar-refractivity contribution in [3.05, 3.63) is 23.9 Å². The lowest BCUT2D eigenvalue weighted by Gasteiger charge is -2.35. The Labute approximate surface area is 124 Å². The lowest BCUT2D eigenvalue weighted by Crippen LogP contribution is -2.34. The molecule has 3 heteroatoms. The molecule has 0 bridgehead atoms. The van der Waals surface area contributed by atoms with Crippen LogP contribution in [0, 0.1) is 0 Å². The zero-order valence-electron chi connectivity index (χ0n) is 13.3. The predicted octanol–water partition coefficient (Wildman–Crippen LogP) is 3.86. The van der Waals surface area contributed by atoms with E-state index in [1.807, 2.05) is 0 Å². The average Bonchev–Trinajstić information content (AvgIpc) is 2.50.